The highest BCUT2D eigenvalue weighted by molar-refractivity contribution is 6.30. The molecule has 1 aliphatic rings. The van der Waals surface area contributed by atoms with Crippen LogP contribution in [-0.4, -0.2) is 27.5 Å². The Balaban J connectivity index is 2.39. The second kappa shape index (κ2) is 6.01. The quantitative estimate of drug-likeness (QED) is 0.911. The standard InChI is InChI=1S/C17H23ClN2O2/c1-5-6-14-11-17(22,16(2,3)4)20(19-14)15(21)12-7-9-13(18)10-8-12/h7-10,22H,5-6,11H2,1-4H3/t17-/m1/s1. The molecule has 0 unspecified atom stereocenters. The van der Waals surface area contributed by atoms with Gasteiger partial charge in [0.2, 0.25) is 0 Å². The summed E-state index contributed by atoms with van der Waals surface area (Å²) in [6, 6.07) is 6.64. The van der Waals surface area contributed by atoms with Crippen LogP contribution in [0.5, 0.6) is 0 Å². The predicted molar refractivity (Wildman–Crippen MR) is 89.0 cm³/mol. The molecule has 0 radical (unpaired) electrons. The Bertz CT molecular complexity index is 590. The zero-order valence-electron chi connectivity index (χ0n) is 13.6. The van der Waals surface area contributed by atoms with Crippen LogP contribution < -0.4 is 0 Å². The summed E-state index contributed by atoms with van der Waals surface area (Å²) < 4.78 is 0. The molecule has 0 aliphatic carbocycles. The lowest BCUT2D eigenvalue weighted by atomic mass is 9.79. The number of carbonyl (C=O) groups is 1. The van der Waals surface area contributed by atoms with Crippen molar-refractivity contribution in [2.75, 3.05) is 0 Å². The molecular weight excluding hydrogens is 300 g/mol. The molecule has 1 atom stereocenters. The average Bonchev–Trinajstić information content (AvgIpc) is 2.77. The predicted octanol–water partition coefficient (Wildman–Crippen LogP) is 4.08. The van der Waals surface area contributed by atoms with E-state index in [1.54, 1.807) is 24.3 Å². The van der Waals surface area contributed by atoms with Gasteiger partial charge in [0.1, 0.15) is 0 Å². The van der Waals surface area contributed by atoms with Gasteiger partial charge in [0, 0.05) is 28.1 Å². The van der Waals surface area contributed by atoms with Gasteiger partial charge >= 0.3 is 0 Å². The van der Waals surface area contributed by atoms with E-state index in [0.29, 0.717) is 17.0 Å². The van der Waals surface area contributed by atoms with E-state index in [-0.39, 0.29) is 5.91 Å². The second-order valence-electron chi connectivity index (χ2n) is 6.78. The third-order valence-corrected chi connectivity index (χ3v) is 4.32. The normalized spacial score (nSPS) is 21.9. The van der Waals surface area contributed by atoms with Gasteiger partial charge < -0.3 is 5.11 Å². The summed E-state index contributed by atoms with van der Waals surface area (Å²) in [5.41, 5.74) is -0.488. The first-order valence-corrected chi connectivity index (χ1v) is 7.95. The molecule has 0 aromatic heterocycles. The topological polar surface area (TPSA) is 52.9 Å². The fourth-order valence-electron chi connectivity index (χ4n) is 2.56. The molecule has 0 spiro atoms. The van der Waals surface area contributed by atoms with Crippen LogP contribution in [0.25, 0.3) is 0 Å². The summed E-state index contributed by atoms with van der Waals surface area (Å²) in [6.07, 6.45) is 2.11. The van der Waals surface area contributed by atoms with E-state index in [0.717, 1.165) is 18.6 Å². The molecule has 5 heteroatoms. The van der Waals surface area contributed by atoms with Crippen LogP contribution in [0.3, 0.4) is 0 Å². The molecule has 0 bridgehead atoms. The third kappa shape index (κ3) is 3.03. The molecule has 1 N–H and O–H groups in total. The molecule has 1 amide bonds. The number of benzene rings is 1. The molecule has 0 saturated heterocycles. The molecule has 4 nitrogen and oxygen atoms in total. The maximum Gasteiger partial charge on any atom is 0.276 e. The maximum atomic E-state index is 12.8. The van der Waals surface area contributed by atoms with Gasteiger partial charge in [0.15, 0.2) is 5.72 Å². The largest absolute Gasteiger partial charge is 0.368 e. The highest BCUT2D eigenvalue weighted by atomic mass is 35.5. The smallest absolute Gasteiger partial charge is 0.276 e. The highest BCUT2D eigenvalue weighted by Crippen LogP contribution is 2.41. The van der Waals surface area contributed by atoms with Gasteiger partial charge in [-0.25, -0.2) is 0 Å². The van der Waals surface area contributed by atoms with Crippen LogP contribution in [0, 0.1) is 5.41 Å². The van der Waals surface area contributed by atoms with Crippen molar-refractivity contribution in [2.45, 2.75) is 52.7 Å². The van der Waals surface area contributed by atoms with E-state index in [2.05, 4.69) is 12.0 Å². The van der Waals surface area contributed by atoms with E-state index in [1.165, 1.54) is 5.01 Å². The van der Waals surface area contributed by atoms with E-state index in [1.807, 2.05) is 20.8 Å². The van der Waals surface area contributed by atoms with Crippen molar-refractivity contribution in [2.24, 2.45) is 10.5 Å². The van der Waals surface area contributed by atoms with Gasteiger partial charge in [-0.2, -0.15) is 10.1 Å². The van der Waals surface area contributed by atoms with E-state index >= 15 is 0 Å². The zero-order chi connectivity index (χ0) is 16.5. The summed E-state index contributed by atoms with van der Waals surface area (Å²) in [7, 11) is 0. The number of carbonyl (C=O) groups excluding carboxylic acids is 1. The Kier molecular flexibility index (Phi) is 4.64. The molecule has 1 heterocycles. The number of hydrogen-bond acceptors (Lipinski definition) is 3. The van der Waals surface area contributed by atoms with Crippen LogP contribution in [0.1, 0.15) is 57.3 Å². The Morgan fingerprint density at radius 3 is 2.45 bits per heavy atom. The van der Waals surface area contributed by atoms with Crippen LogP contribution in [0.15, 0.2) is 29.4 Å². The van der Waals surface area contributed by atoms with Crippen LogP contribution in [-0.2, 0) is 0 Å². The van der Waals surface area contributed by atoms with Crippen molar-refractivity contribution in [1.82, 2.24) is 5.01 Å². The first kappa shape index (κ1) is 17.0. The SMILES string of the molecule is CCCC1=NN(C(=O)c2ccc(Cl)cc2)[C@](O)(C(C)(C)C)C1. The monoisotopic (exact) mass is 322 g/mol. The van der Waals surface area contributed by atoms with Gasteiger partial charge in [-0.1, -0.05) is 45.7 Å². The minimum Gasteiger partial charge on any atom is -0.368 e. The van der Waals surface area contributed by atoms with Gasteiger partial charge in [-0.15, -0.1) is 0 Å². The minimum absolute atomic E-state index is 0.305. The van der Waals surface area contributed by atoms with Crippen molar-refractivity contribution in [3.8, 4) is 0 Å². The fourth-order valence-corrected chi connectivity index (χ4v) is 2.68. The molecule has 0 fully saturated rings. The molecular formula is C17H23ClN2O2. The molecule has 1 aliphatic heterocycles. The summed E-state index contributed by atoms with van der Waals surface area (Å²) in [4.78, 5) is 12.8. The van der Waals surface area contributed by atoms with Gasteiger partial charge in [-0.05, 0) is 30.7 Å². The van der Waals surface area contributed by atoms with E-state index in [4.69, 9.17) is 11.6 Å². The Morgan fingerprint density at radius 1 is 1.36 bits per heavy atom. The number of nitrogens with zero attached hydrogens (tertiary/aromatic N) is 2. The summed E-state index contributed by atoms with van der Waals surface area (Å²) in [5, 5.41) is 17.4. The Hall–Kier alpha value is -1.39. The number of hydrogen-bond donors (Lipinski definition) is 1. The number of hydrazone groups is 1. The second-order valence-corrected chi connectivity index (χ2v) is 7.22. The summed E-state index contributed by atoms with van der Waals surface area (Å²) >= 11 is 5.87. The summed E-state index contributed by atoms with van der Waals surface area (Å²) in [5.74, 6) is -0.305. The molecule has 22 heavy (non-hydrogen) atoms. The van der Waals surface area contributed by atoms with Crippen molar-refractivity contribution >= 4 is 23.2 Å². The van der Waals surface area contributed by atoms with Crippen LogP contribution >= 0.6 is 11.6 Å². The van der Waals surface area contributed by atoms with Crippen molar-refractivity contribution in [3.05, 3.63) is 34.9 Å². The lowest BCUT2D eigenvalue weighted by Crippen LogP contribution is -2.55. The third-order valence-electron chi connectivity index (χ3n) is 4.07. The number of amides is 1. The van der Waals surface area contributed by atoms with Gasteiger partial charge in [0.25, 0.3) is 5.91 Å². The highest BCUT2D eigenvalue weighted by Gasteiger charge is 2.52. The minimum atomic E-state index is -1.31. The fraction of sp³-hybridized carbons (Fsp3) is 0.529. The molecule has 1 aromatic rings. The molecule has 2 rings (SSSR count). The number of aliphatic hydroxyl groups is 1. The van der Waals surface area contributed by atoms with Crippen molar-refractivity contribution in [3.63, 3.8) is 0 Å². The zero-order valence-corrected chi connectivity index (χ0v) is 14.3. The lowest BCUT2D eigenvalue weighted by molar-refractivity contribution is -0.143. The lowest BCUT2D eigenvalue weighted by Gasteiger charge is -2.41. The van der Waals surface area contributed by atoms with Gasteiger partial charge in [-0.3, -0.25) is 4.79 Å². The Morgan fingerprint density at radius 2 is 1.95 bits per heavy atom. The molecule has 1 aromatic carbocycles. The Labute approximate surface area is 136 Å². The van der Waals surface area contributed by atoms with Crippen molar-refractivity contribution < 1.29 is 9.90 Å². The van der Waals surface area contributed by atoms with Gasteiger partial charge in [0.05, 0.1) is 0 Å². The summed E-state index contributed by atoms with van der Waals surface area (Å²) in [6.45, 7) is 7.81. The number of halogens is 1. The van der Waals surface area contributed by atoms with Crippen LogP contribution in [0.4, 0.5) is 0 Å². The van der Waals surface area contributed by atoms with E-state index in [9.17, 15) is 9.90 Å². The molecule has 0 saturated carbocycles. The number of rotatable bonds is 3. The first-order valence-electron chi connectivity index (χ1n) is 7.58. The maximum absolute atomic E-state index is 12.8. The van der Waals surface area contributed by atoms with Crippen LogP contribution in [0.2, 0.25) is 5.02 Å². The molecule has 120 valence electrons. The van der Waals surface area contributed by atoms with Crippen molar-refractivity contribution in [1.29, 1.82) is 0 Å². The van der Waals surface area contributed by atoms with E-state index < -0.39 is 11.1 Å². The first-order chi connectivity index (χ1) is 10.2. The average molecular weight is 323 g/mol.